The molecule has 0 saturated carbocycles. The van der Waals surface area contributed by atoms with Gasteiger partial charge in [-0.2, -0.15) is 0 Å². The van der Waals surface area contributed by atoms with Crippen molar-refractivity contribution in [1.29, 1.82) is 0 Å². The molecule has 1 aliphatic rings. The zero-order valence-electron chi connectivity index (χ0n) is 12.5. The largest absolute Gasteiger partial charge is 0.441 e. The fourth-order valence-corrected chi connectivity index (χ4v) is 3.14. The summed E-state index contributed by atoms with van der Waals surface area (Å²) in [5.74, 6) is 1.06. The van der Waals surface area contributed by atoms with Gasteiger partial charge in [-0.25, -0.2) is 4.98 Å². The Morgan fingerprint density at radius 1 is 0.955 bits per heavy atom. The van der Waals surface area contributed by atoms with Gasteiger partial charge in [-0.3, -0.25) is 0 Å². The molecule has 1 aliphatic carbocycles. The van der Waals surface area contributed by atoms with Gasteiger partial charge < -0.3 is 4.42 Å². The minimum atomic E-state index is 0.330. The molecule has 0 aliphatic heterocycles. The van der Waals surface area contributed by atoms with Crippen LogP contribution in [-0.4, -0.2) is 4.98 Å². The molecule has 2 aromatic carbocycles. The van der Waals surface area contributed by atoms with Crippen LogP contribution >= 0.6 is 0 Å². The number of rotatable bonds is 2. The van der Waals surface area contributed by atoms with Crippen molar-refractivity contribution in [3.05, 3.63) is 88.4 Å². The Hall–Kier alpha value is -2.61. The van der Waals surface area contributed by atoms with Crippen LogP contribution in [0.2, 0.25) is 0 Å². The summed E-state index contributed by atoms with van der Waals surface area (Å²) in [6.07, 6.45) is 3.16. The van der Waals surface area contributed by atoms with Crippen LogP contribution in [0.15, 0.2) is 65.1 Å². The van der Waals surface area contributed by atoms with Crippen molar-refractivity contribution in [3.63, 3.8) is 0 Å². The molecule has 0 N–H and O–H groups in total. The highest BCUT2D eigenvalue weighted by Crippen LogP contribution is 2.30. The van der Waals surface area contributed by atoms with Crippen molar-refractivity contribution in [1.82, 2.24) is 4.98 Å². The van der Waals surface area contributed by atoms with E-state index in [1.165, 1.54) is 16.7 Å². The molecule has 0 fully saturated rings. The highest BCUT2D eigenvalue weighted by atomic mass is 16.3. The van der Waals surface area contributed by atoms with Gasteiger partial charge in [0.1, 0.15) is 5.35 Å². The number of benzene rings is 2. The highest BCUT2D eigenvalue weighted by molar-refractivity contribution is 5.68. The van der Waals surface area contributed by atoms with Crippen molar-refractivity contribution in [2.45, 2.75) is 19.3 Å². The zero-order chi connectivity index (χ0) is 14.9. The number of aromatic nitrogens is 1. The first kappa shape index (κ1) is 13.1. The van der Waals surface area contributed by atoms with Gasteiger partial charge in [0.25, 0.3) is 0 Å². The van der Waals surface area contributed by atoms with Crippen molar-refractivity contribution in [3.8, 4) is 0 Å². The second-order valence-corrected chi connectivity index (χ2v) is 5.68. The molecular weight excluding hydrogens is 270 g/mol. The molecule has 0 saturated heterocycles. The van der Waals surface area contributed by atoms with Gasteiger partial charge in [-0.1, -0.05) is 60.7 Å². The second kappa shape index (κ2) is 5.30. The Kier molecular flexibility index (Phi) is 3.15. The summed E-state index contributed by atoms with van der Waals surface area (Å²) < 4.78 is 5.82. The average molecular weight is 287 g/mol. The standard InChI is InChI=1S/C20H17NO/c1-14-21-20-18(16-10-6-3-7-11-16)12-17(13-19(20)22-14)15-8-4-2-5-9-15/h2-11,13,17H,12H2,1H3. The van der Waals surface area contributed by atoms with E-state index in [9.17, 15) is 0 Å². The Bertz CT molecular complexity index is 907. The minimum Gasteiger partial charge on any atom is -0.441 e. The SMILES string of the molecule is Cc1nc2c(o1)=CC(c1ccccc1)CC=2c1ccccc1. The van der Waals surface area contributed by atoms with E-state index < -0.39 is 0 Å². The second-order valence-electron chi connectivity index (χ2n) is 5.68. The van der Waals surface area contributed by atoms with Crippen LogP contribution in [0.5, 0.6) is 0 Å². The van der Waals surface area contributed by atoms with E-state index in [1.54, 1.807) is 0 Å². The summed E-state index contributed by atoms with van der Waals surface area (Å²) >= 11 is 0. The molecular formula is C20H17NO. The summed E-state index contributed by atoms with van der Waals surface area (Å²) in [5, 5.41) is 0.996. The third-order valence-electron chi connectivity index (χ3n) is 4.17. The molecule has 3 aromatic rings. The molecule has 1 aromatic heterocycles. The molecule has 1 atom stereocenters. The molecule has 0 bridgehead atoms. The summed E-state index contributed by atoms with van der Waals surface area (Å²) in [4.78, 5) is 4.60. The van der Waals surface area contributed by atoms with E-state index in [0.717, 1.165) is 23.1 Å². The van der Waals surface area contributed by atoms with Crippen LogP contribution < -0.4 is 10.8 Å². The van der Waals surface area contributed by atoms with E-state index in [4.69, 9.17) is 4.42 Å². The first-order valence-corrected chi connectivity index (χ1v) is 7.60. The molecule has 2 nitrogen and oxygen atoms in total. The smallest absolute Gasteiger partial charge is 0.192 e. The van der Waals surface area contributed by atoms with Gasteiger partial charge in [0.05, 0.1) is 0 Å². The molecule has 1 heterocycles. The van der Waals surface area contributed by atoms with Crippen LogP contribution in [0.3, 0.4) is 0 Å². The summed E-state index contributed by atoms with van der Waals surface area (Å²) in [5.41, 5.74) is 4.71. The number of hydrogen-bond acceptors (Lipinski definition) is 2. The fourth-order valence-electron chi connectivity index (χ4n) is 3.14. The molecule has 108 valence electrons. The molecule has 0 spiro atoms. The maximum Gasteiger partial charge on any atom is 0.192 e. The minimum absolute atomic E-state index is 0.330. The number of aryl methyl sites for hydroxylation is 1. The Morgan fingerprint density at radius 3 is 2.36 bits per heavy atom. The number of fused-ring (bicyclic) bond motifs is 1. The topological polar surface area (TPSA) is 26.0 Å². The van der Waals surface area contributed by atoms with Crippen LogP contribution in [-0.2, 0) is 0 Å². The fraction of sp³-hybridized carbons (Fsp3) is 0.150. The molecule has 4 rings (SSSR count). The summed E-state index contributed by atoms with van der Waals surface area (Å²) in [7, 11) is 0. The van der Waals surface area contributed by atoms with Gasteiger partial charge >= 0.3 is 0 Å². The maximum atomic E-state index is 5.82. The van der Waals surface area contributed by atoms with Gasteiger partial charge in [-0.05, 0) is 29.2 Å². The lowest BCUT2D eigenvalue weighted by Crippen LogP contribution is -2.30. The normalized spacial score (nSPS) is 17.0. The average Bonchev–Trinajstić information content (AvgIpc) is 2.95. The molecule has 0 radical (unpaired) electrons. The third kappa shape index (κ3) is 2.27. The van der Waals surface area contributed by atoms with E-state index in [-0.39, 0.29) is 0 Å². The van der Waals surface area contributed by atoms with Gasteiger partial charge in [-0.15, -0.1) is 0 Å². The monoisotopic (exact) mass is 287 g/mol. The summed E-state index contributed by atoms with van der Waals surface area (Å²) in [6.45, 7) is 1.91. The number of hydrogen-bond donors (Lipinski definition) is 0. The van der Waals surface area contributed by atoms with Crippen LogP contribution in [0.25, 0.3) is 11.6 Å². The predicted octanol–water partition coefficient (Wildman–Crippen LogP) is 3.15. The Labute approximate surface area is 129 Å². The van der Waals surface area contributed by atoms with Crippen molar-refractivity contribution >= 4 is 11.6 Å². The van der Waals surface area contributed by atoms with Crippen molar-refractivity contribution < 1.29 is 4.42 Å². The highest BCUT2D eigenvalue weighted by Gasteiger charge is 2.20. The van der Waals surface area contributed by atoms with Crippen LogP contribution in [0.4, 0.5) is 0 Å². The first-order valence-electron chi connectivity index (χ1n) is 7.60. The number of nitrogens with zero attached hydrogens (tertiary/aromatic N) is 1. The van der Waals surface area contributed by atoms with Crippen LogP contribution in [0.1, 0.15) is 29.4 Å². The Morgan fingerprint density at radius 2 is 1.64 bits per heavy atom. The Balaban J connectivity index is 1.92. The molecule has 0 amide bonds. The molecule has 22 heavy (non-hydrogen) atoms. The lowest BCUT2D eigenvalue weighted by Gasteiger charge is -2.18. The van der Waals surface area contributed by atoms with Gasteiger partial charge in [0, 0.05) is 12.8 Å². The lowest BCUT2D eigenvalue weighted by atomic mass is 9.86. The van der Waals surface area contributed by atoms with Crippen molar-refractivity contribution in [2.24, 2.45) is 0 Å². The quantitative estimate of drug-likeness (QED) is 0.723. The van der Waals surface area contributed by atoms with E-state index in [2.05, 4.69) is 65.7 Å². The first-order chi connectivity index (χ1) is 10.8. The number of oxazole rings is 1. The van der Waals surface area contributed by atoms with Crippen LogP contribution in [0, 0.1) is 6.92 Å². The predicted molar refractivity (Wildman–Crippen MR) is 87.7 cm³/mol. The zero-order valence-corrected chi connectivity index (χ0v) is 12.5. The lowest BCUT2D eigenvalue weighted by molar-refractivity contribution is 0.488. The van der Waals surface area contributed by atoms with E-state index in [0.29, 0.717) is 5.92 Å². The maximum absolute atomic E-state index is 5.82. The van der Waals surface area contributed by atoms with Gasteiger partial charge in [0.15, 0.2) is 11.3 Å². The van der Waals surface area contributed by atoms with Crippen molar-refractivity contribution in [2.75, 3.05) is 0 Å². The van der Waals surface area contributed by atoms with E-state index >= 15 is 0 Å². The summed E-state index contributed by atoms with van der Waals surface area (Å²) in [6, 6.07) is 21.1. The molecule has 2 heteroatoms. The third-order valence-corrected chi connectivity index (χ3v) is 4.17. The van der Waals surface area contributed by atoms with Gasteiger partial charge in [0.2, 0.25) is 0 Å². The van der Waals surface area contributed by atoms with E-state index in [1.807, 2.05) is 13.0 Å². The molecule has 1 unspecified atom stereocenters.